The summed E-state index contributed by atoms with van der Waals surface area (Å²) in [5.41, 5.74) is 0.192. The minimum Gasteiger partial charge on any atom is -0.212 e. The summed E-state index contributed by atoms with van der Waals surface area (Å²) in [6.07, 6.45) is 0. The zero-order valence-electron chi connectivity index (χ0n) is 7.98. The van der Waals surface area contributed by atoms with Crippen molar-refractivity contribution >= 4 is 31.5 Å². The van der Waals surface area contributed by atoms with Gasteiger partial charge in [0.05, 0.1) is 11.3 Å². The highest BCUT2D eigenvalue weighted by Gasteiger charge is 2.08. The molecule has 86 valence electrons. The van der Waals surface area contributed by atoms with Gasteiger partial charge in [-0.1, -0.05) is 0 Å². The Balaban J connectivity index is 2.72. The van der Waals surface area contributed by atoms with Crippen LogP contribution in [0.15, 0.2) is 23.1 Å². The quantitative estimate of drug-likeness (QED) is 0.627. The van der Waals surface area contributed by atoms with Crippen LogP contribution in [0.3, 0.4) is 0 Å². The number of hydrogen-bond donors (Lipinski definition) is 0. The molecule has 0 aliphatic carbocycles. The molecule has 1 rings (SSSR count). The molecule has 0 aliphatic rings. The molecule has 0 fully saturated rings. The van der Waals surface area contributed by atoms with Crippen molar-refractivity contribution in [1.82, 2.24) is 0 Å². The molecular formula is C9H7ClFNO2S2. The van der Waals surface area contributed by atoms with Crippen LogP contribution >= 0.6 is 22.4 Å². The van der Waals surface area contributed by atoms with Crippen molar-refractivity contribution < 1.29 is 12.8 Å². The zero-order valence-corrected chi connectivity index (χ0v) is 10.4. The monoisotopic (exact) mass is 279 g/mol. The molecule has 0 atom stereocenters. The highest BCUT2D eigenvalue weighted by Crippen LogP contribution is 2.23. The van der Waals surface area contributed by atoms with E-state index in [0.29, 0.717) is 4.90 Å². The summed E-state index contributed by atoms with van der Waals surface area (Å²) in [7, 11) is 1.50. The van der Waals surface area contributed by atoms with Crippen LogP contribution < -0.4 is 0 Å². The maximum atomic E-state index is 12.8. The van der Waals surface area contributed by atoms with Gasteiger partial charge in [0.15, 0.2) is 0 Å². The van der Waals surface area contributed by atoms with E-state index in [-0.39, 0.29) is 17.1 Å². The molecule has 0 saturated carbocycles. The van der Waals surface area contributed by atoms with Gasteiger partial charge >= 0.3 is 0 Å². The Bertz CT molecular complexity index is 525. The molecule has 0 radical (unpaired) electrons. The topological polar surface area (TPSA) is 57.9 Å². The first kappa shape index (κ1) is 13.3. The van der Waals surface area contributed by atoms with E-state index in [2.05, 4.69) is 0 Å². The zero-order chi connectivity index (χ0) is 12.2. The molecule has 0 heterocycles. The summed E-state index contributed by atoms with van der Waals surface area (Å²) in [6.45, 7) is 0. The SMILES string of the molecule is N#Cc1cc(F)ccc1SCCS(=O)(=O)Cl. The summed E-state index contributed by atoms with van der Waals surface area (Å²) in [5, 5.41) is 8.73. The third kappa shape index (κ3) is 4.39. The van der Waals surface area contributed by atoms with Gasteiger partial charge in [-0.3, -0.25) is 0 Å². The molecule has 16 heavy (non-hydrogen) atoms. The van der Waals surface area contributed by atoms with Crippen molar-refractivity contribution in [2.24, 2.45) is 0 Å². The van der Waals surface area contributed by atoms with Crippen LogP contribution in [0.2, 0.25) is 0 Å². The van der Waals surface area contributed by atoms with E-state index in [4.69, 9.17) is 15.9 Å². The van der Waals surface area contributed by atoms with E-state index < -0.39 is 14.9 Å². The Morgan fingerprint density at radius 3 is 2.75 bits per heavy atom. The molecule has 0 aliphatic heterocycles. The number of nitrogens with zero attached hydrogens (tertiary/aromatic N) is 1. The Kier molecular flexibility index (Phi) is 4.59. The van der Waals surface area contributed by atoms with E-state index in [9.17, 15) is 12.8 Å². The lowest BCUT2D eigenvalue weighted by Crippen LogP contribution is -1.99. The average molecular weight is 280 g/mol. The maximum Gasteiger partial charge on any atom is 0.233 e. The molecular weight excluding hydrogens is 273 g/mol. The van der Waals surface area contributed by atoms with Crippen LogP contribution in [0.1, 0.15) is 5.56 Å². The number of benzene rings is 1. The first-order valence-corrected chi connectivity index (χ1v) is 7.63. The molecule has 1 aromatic rings. The van der Waals surface area contributed by atoms with Gasteiger partial charge in [0.1, 0.15) is 11.9 Å². The van der Waals surface area contributed by atoms with Crippen LogP contribution in [0.4, 0.5) is 4.39 Å². The first-order chi connectivity index (χ1) is 7.42. The standard InChI is InChI=1S/C9H7ClFNO2S2/c10-16(13,14)4-3-15-9-2-1-8(11)5-7(9)6-12/h1-2,5H,3-4H2. The predicted octanol–water partition coefficient (Wildman–Crippen LogP) is 2.36. The predicted molar refractivity (Wildman–Crippen MR) is 61.5 cm³/mol. The van der Waals surface area contributed by atoms with Gasteiger partial charge in [-0.25, -0.2) is 12.8 Å². The number of rotatable bonds is 4. The molecule has 1 aromatic carbocycles. The van der Waals surface area contributed by atoms with Gasteiger partial charge in [-0.15, -0.1) is 11.8 Å². The molecule has 0 unspecified atom stereocenters. The lowest BCUT2D eigenvalue weighted by Gasteiger charge is -2.02. The minimum absolute atomic E-state index is 0.192. The van der Waals surface area contributed by atoms with Gasteiger partial charge in [0.25, 0.3) is 0 Å². The molecule has 0 N–H and O–H groups in total. The van der Waals surface area contributed by atoms with Crippen molar-refractivity contribution in [3.05, 3.63) is 29.6 Å². The van der Waals surface area contributed by atoms with Crippen LogP contribution in [0.25, 0.3) is 0 Å². The fraction of sp³-hybridized carbons (Fsp3) is 0.222. The fourth-order valence-corrected chi connectivity index (χ4v) is 3.31. The largest absolute Gasteiger partial charge is 0.233 e. The van der Waals surface area contributed by atoms with Crippen LogP contribution in [0.5, 0.6) is 0 Å². The van der Waals surface area contributed by atoms with Gasteiger partial charge in [-0.05, 0) is 18.2 Å². The Labute approximate surface area is 102 Å². The van der Waals surface area contributed by atoms with E-state index in [1.807, 2.05) is 6.07 Å². The molecule has 0 saturated heterocycles. The van der Waals surface area contributed by atoms with Crippen molar-refractivity contribution in [1.29, 1.82) is 5.26 Å². The van der Waals surface area contributed by atoms with E-state index in [0.717, 1.165) is 17.8 Å². The Morgan fingerprint density at radius 1 is 1.50 bits per heavy atom. The molecule has 7 heteroatoms. The summed E-state index contributed by atoms with van der Waals surface area (Å²) in [6, 6.07) is 5.61. The summed E-state index contributed by atoms with van der Waals surface area (Å²) < 4.78 is 34.1. The van der Waals surface area contributed by atoms with Gasteiger partial charge in [0, 0.05) is 21.3 Å². The molecule has 0 aromatic heterocycles. The number of halogens is 2. The van der Waals surface area contributed by atoms with E-state index in [1.54, 1.807) is 0 Å². The van der Waals surface area contributed by atoms with E-state index >= 15 is 0 Å². The molecule has 0 bridgehead atoms. The van der Waals surface area contributed by atoms with Crippen LogP contribution in [-0.4, -0.2) is 19.9 Å². The lowest BCUT2D eigenvalue weighted by molar-refractivity contribution is 0.611. The second kappa shape index (κ2) is 5.53. The number of hydrogen-bond acceptors (Lipinski definition) is 4. The number of thioether (sulfide) groups is 1. The highest BCUT2D eigenvalue weighted by atomic mass is 35.7. The third-order valence-corrected chi connectivity index (χ3v) is 4.14. The van der Waals surface area contributed by atoms with Gasteiger partial charge < -0.3 is 0 Å². The number of nitriles is 1. The highest BCUT2D eigenvalue weighted by molar-refractivity contribution is 8.14. The van der Waals surface area contributed by atoms with Crippen molar-refractivity contribution in [2.75, 3.05) is 11.5 Å². The molecule has 0 amide bonds. The van der Waals surface area contributed by atoms with Crippen molar-refractivity contribution in [3.63, 3.8) is 0 Å². The van der Waals surface area contributed by atoms with Gasteiger partial charge in [-0.2, -0.15) is 5.26 Å². The molecule has 0 spiro atoms. The Morgan fingerprint density at radius 2 is 2.19 bits per heavy atom. The van der Waals surface area contributed by atoms with E-state index in [1.165, 1.54) is 12.1 Å². The third-order valence-electron chi connectivity index (χ3n) is 1.65. The smallest absolute Gasteiger partial charge is 0.212 e. The van der Waals surface area contributed by atoms with Crippen LogP contribution in [0, 0.1) is 17.1 Å². The van der Waals surface area contributed by atoms with Gasteiger partial charge in [0.2, 0.25) is 9.05 Å². The molecule has 3 nitrogen and oxygen atoms in total. The second-order valence-corrected chi connectivity index (χ2v) is 6.88. The van der Waals surface area contributed by atoms with Crippen molar-refractivity contribution in [2.45, 2.75) is 4.90 Å². The summed E-state index contributed by atoms with van der Waals surface area (Å²) >= 11 is 1.15. The van der Waals surface area contributed by atoms with Crippen molar-refractivity contribution in [3.8, 4) is 6.07 Å². The first-order valence-electron chi connectivity index (χ1n) is 4.17. The summed E-state index contributed by atoms with van der Waals surface area (Å²) in [5.74, 6) is -0.459. The summed E-state index contributed by atoms with van der Waals surface area (Å²) in [4.78, 5) is 0.546. The second-order valence-electron chi connectivity index (χ2n) is 2.84. The fourth-order valence-electron chi connectivity index (χ4n) is 0.967. The Hall–Kier alpha value is -0.770. The van der Waals surface area contributed by atoms with Crippen LogP contribution in [-0.2, 0) is 9.05 Å². The maximum absolute atomic E-state index is 12.8. The average Bonchev–Trinajstić information content (AvgIpc) is 2.18. The normalized spacial score (nSPS) is 11.1. The lowest BCUT2D eigenvalue weighted by atomic mass is 10.2. The minimum atomic E-state index is -3.53.